The molecule has 0 aliphatic heterocycles. The monoisotopic (exact) mass is 271 g/mol. The molecule has 0 spiro atoms. The Hall–Kier alpha value is -2.21. The number of nitrogens with one attached hydrogen (secondary N) is 1. The number of aryl methyl sites for hydroxylation is 1. The lowest BCUT2D eigenvalue weighted by molar-refractivity contribution is 1.12. The first-order valence-electron chi connectivity index (χ1n) is 5.90. The first kappa shape index (κ1) is 11.9. The van der Waals surface area contributed by atoms with Crippen molar-refractivity contribution in [2.24, 2.45) is 0 Å². The second kappa shape index (κ2) is 4.81. The Bertz CT molecular complexity index is 722. The minimum absolute atomic E-state index is 0.279. The van der Waals surface area contributed by atoms with Gasteiger partial charge in [0.1, 0.15) is 5.82 Å². The zero-order valence-electron chi connectivity index (χ0n) is 10.4. The minimum Gasteiger partial charge on any atom is -0.368 e. The van der Waals surface area contributed by atoms with Gasteiger partial charge >= 0.3 is 0 Å². The fourth-order valence-corrected chi connectivity index (χ4v) is 2.62. The van der Waals surface area contributed by atoms with Gasteiger partial charge in [0, 0.05) is 16.5 Å². The van der Waals surface area contributed by atoms with E-state index < -0.39 is 0 Å². The molecule has 3 aromatic rings. The van der Waals surface area contributed by atoms with Crippen LogP contribution in [0.2, 0.25) is 0 Å². The van der Waals surface area contributed by atoms with Gasteiger partial charge in [0.05, 0.1) is 17.1 Å². The molecule has 0 aliphatic rings. The van der Waals surface area contributed by atoms with Crippen LogP contribution in [0, 0.1) is 6.92 Å². The fraction of sp³-hybridized carbons (Fsp3) is 0.154. The van der Waals surface area contributed by atoms with Gasteiger partial charge in [-0.15, -0.1) is 11.3 Å². The maximum Gasteiger partial charge on any atom is 0.222 e. The fourth-order valence-electron chi connectivity index (χ4n) is 1.89. The third-order valence-electron chi connectivity index (χ3n) is 2.72. The predicted octanol–water partition coefficient (Wildman–Crippen LogP) is 2.59. The van der Waals surface area contributed by atoms with Crippen molar-refractivity contribution in [3.63, 3.8) is 0 Å². The van der Waals surface area contributed by atoms with Crippen molar-refractivity contribution in [1.82, 2.24) is 15.0 Å². The van der Waals surface area contributed by atoms with Crippen molar-refractivity contribution in [3.8, 4) is 0 Å². The maximum absolute atomic E-state index is 5.73. The normalized spacial score (nSPS) is 10.8. The molecule has 2 heterocycles. The van der Waals surface area contributed by atoms with Gasteiger partial charge in [0.15, 0.2) is 0 Å². The summed E-state index contributed by atoms with van der Waals surface area (Å²) in [6, 6.07) is 7.81. The highest BCUT2D eigenvalue weighted by Gasteiger charge is 2.06. The van der Waals surface area contributed by atoms with E-state index in [0.717, 1.165) is 21.7 Å². The summed E-state index contributed by atoms with van der Waals surface area (Å²) >= 11 is 1.67. The molecule has 3 rings (SSSR count). The van der Waals surface area contributed by atoms with Gasteiger partial charge in [0.25, 0.3) is 0 Å². The number of para-hydroxylation sites is 1. The number of aromatic nitrogens is 3. The van der Waals surface area contributed by atoms with Crippen molar-refractivity contribution >= 4 is 34.0 Å². The van der Waals surface area contributed by atoms with Crippen molar-refractivity contribution in [1.29, 1.82) is 0 Å². The predicted molar refractivity (Wildman–Crippen MR) is 78.1 cm³/mol. The zero-order valence-corrected chi connectivity index (χ0v) is 11.2. The molecule has 1 aromatic carbocycles. The van der Waals surface area contributed by atoms with Crippen LogP contribution in [0.1, 0.15) is 9.88 Å². The van der Waals surface area contributed by atoms with Crippen LogP contribution in [-0.4, -0.2) is 15.0 Å². The van der Waals surface area contributed by atoms with E-state index in [1.807, 2.05) is 37.4 Å². The zero-order chi connectivity index (χ0) is 13.2. The van der Waals surface area contributed by atoms with E-state index >= 15 is 0 Å². The number of anilines is 2. The van der Waals surface area contributed by atoms with Gasteiger partial charge in [-0.1, -0.05) is 12.1 Å². The van der Waals surface area contributed by atoms with Gasteiger partial charge in [-0.3, -0.25) is 0 Å². The quantitative estimate of drug-likeness (QED) is 0.765. The molecule has 0 amide bonds. The van der Waals surface area contributed by atoms with Gasteiger partial charge in [0.2, 0.25) is 5.95 Å². The van der Waals surface area contributed by atoms with E-state index in [1.165, 1.54) is 4.88 Å². The summed E-state index contributed by atoms with van der Waals surface area (Å²) in [5.41, 5.74) is 6.57. The van der Waals surface area contributed by atoms with Crippen LogP contribution in [0.5, 0.6) is 0 Å². The molecule has 0 fully saturated rings. The first-order valence-corrected chi connectivity index (χ1v) is 6.71. The number of nitrogen functional groups attached to an aromatic ring is 1. The van der Waals surface area contributed by atoms with Crippen molar-refractivity contribution in [2.45, 2.75) is 13.5 Å². The molecule has 2 aromatic heterocycles. The van der Waals surface area contributed by atoms with Crippen molar-refractivity contribution in [2.75, 3.05) is 11.1 Å². The molecule has 0 aliphatic carbocycles. The number of thiazole rings is 1. The minimum atomic E-state index is 0.279. The van der Waals surface area contributed by atoms with Crippen LogP contribution in [0.3, 0.4) is 0 Å². The number of fused-ring (bicyclic) bond motifs is 1. The van der Waals surface area contributed by atoms with Crippen molar-refractivity contribution in [3.05, 3.63) is 40.3 Å². The molecule has 0 atom stereocenters. The third-order valence-corrected chi connectivity index (χ3v) is 3.63. The SMILES string of the molecule is Cc1ncc(CNc2nc(N)nc3ccccc23)s1. The summed E-state index contributed by atoms with van der Waals surface area (Å²) in [4.78, 5) is 13.9. The van der Waals surface area contributed by atoms with E-state index in [2.05, 4.69) is 20.3 Å². The number of nitrogens with two attached hydrogens (primary N) is 1. The number of hydrogen-bond acceptors (Lipinski definition) is 6. The lowest BCUT2D eigenvalue weighted by Crippen LogP contribution is -2.04. The molecule has 0 saturated heterocycles. The number of hydrogen-bond donors (Lipinski definition) is 2. The Morgan fingerprint density at radius 2 is 2.11 bits per heavy atom. The molecule has 0 bridgehead atoms. The lowest BCUT2D eigenvalue weighted by Gasteiger charge is -2.08. The Morgan fingerprint density at radius 1 is 1.26 bits per heavy atom. The molecular weight excluding hydrogens is 258 g/mol. The molecular formula is C13H13N5S. The second-order valence-electron chi connectivity index (χ2n) is 4.15. The van der Waals surface area contributed by atoms with Gasteiger partial charge in [-0.05, 0) is 19.1 Å². The van der Waals surface area contributed by atoms with Gasteiger partial charge < -0.3 is 11.1 Å². The van der Waals surface area contributed by atoms with Crippen LogP contribution in [0.4, 0.5) is 11.8 Å². The van der Waals surface area contributed by atoms with Crippen molar-refractivity contribution < 1.29 is 0 Å². The Morgan fingerprint density at radius 3 is 2.89 bits per heavy atom. The highest BCUT2D eigenvalue weighted by molar-refractivity contribution is 7.11. The highest BCUT2D eigenvalue weighted by Crippen LogP contribution is 2.22. The maximum atomic E-state index is 5.73. The Kier molecular flexibility index (Phi) is 3.00. The average Bonchev–Trinajstić information content (AvgIpc) is 2.81. The summed E-state index contributed by atoms with van der Waals surface area (Å²) in [7, 11) is 0. The molecule has 0 unspecified atom stereocenters. The molecule has 19 heavy (non-hydrogen) atoms. The number of nitrogens with zero attached hydrogens (tertiary/aromatic N) is 3. The van der Waals surface area contributed by atoms with Crippen LogP contribution in [0.15, 0.2) is 30.5 Å². The van der Waals surface area contributed by atoms with Gasteiger partial charge in [-0.2, -0.15) is 4.98 Å². The molecule has 0 saturated carbocycles. The molecule has 0 radical (unpaired) electrons. The van der Waals surface area contributed by atoms with Crippen LogP contribution >= 0.6 is 11.3 Å². The molecule has 96 valence electrons. The van der Waals surface area contributed by atoms with E-state index in [0.29, 0.717) is 6.54 Å². The van der Waals surface area contributed by atoms with Gasteiger partial charge in [-0.25, -0.2) is 9.97 Å². The summed E-state index contributed by atoms with van der Waals surface area (Å²) in [6.07, 6.45) is 1.87. The highest BCUT2D eigenvalue weighted by atomic mass is 32.1. The van der Waals surface area contributed by atoms with E-state index in [1.54, 1.807) is 11.3 Å². The smallest absolute Gasteiger partial charge is 0.222 e. The first-order chi connectivity index (χ1) is 9.22. The summed E-state index contributed by atoms with van der Waals surface area (Å²) in [5, 5.41) is 5.33. The number of rotatable bonds is 3. The topological polar surface area (TPSA) is 76.7 Å². The largest absolute Gasteiger partial charge is 0.368 e. The standard InChI is InChI=1S/C13H13N5S/c1-8-15-6-9(19-8)7-16-12-10-4-2-3-5-11(10)17-13(14)18-12/h2-6H,7H2,1H3,(H3,14,16,17,18). The molecule has 5 nitrogen and oxygen atoms in total. The third kappa shape index (κ3) is 2.48. The summed E-state index contributed by atoms with van der Waals surface area (Å²) < 4.78 is 0. The number of benzene rings is 1. The molecule has 6 heteroatoms. The summed E-state index contributed by atoms with van der Waals surface area (Å²) in [5.74, 6) is 1.04. The van der Waals surface area contributed by atoms with E-state index in [9.17, 15) is 0 Å². The van der Waals surface area contributed by atoms with Crippen LogP contribution < -0.4 is 11.1 Å². The average molecular weight is 271 g/mol. The summed E-state index contributed by atoms with van der Waals surface area (Å²) in [6.45, 7) is 2.68. The van der Waals surface area contributed by atoms with E-state index in [4.69, 9.17) is 5.73 Å². The van der Waals surface area contributed by atoms with E-state index in [-0.39, 0.29) is 5.95 Å². The van der Waals surface area contributed by atoms with Crippen LogP contribution in [0.25, 0.3) is 10.9 Å². The Labute approximate surface area is 114 Å². The lowest BCUT2D eigenvalue weighted by atomic mass is 10.2. The second-order valence-corrected chi connectivity index (χ2v) is 5.47. The Balaban J connectivity index is 1.91. The van der Waals surface area contributed by atoms with Crippen LogP contribution in [-0.2, 0) is 6.54 Å². The molecule has 3 N–H and O–H groups in total.